The summed E-state index contributed by atoms with van der Waals surface area (Å²) in [7, 11) is 0. The fourth-order valence-electron chi connectivity index (χ4n) is 9.53. The second-order valence-corrected chi connectivity index (χ2v) is 17.3. The molecule has 0 N–H and O–H groups in total. The Balaban J connectivity index is 1.32. The van der Waals surface area contributed by atoms with Gasteiger partial charge in [0.15, 0.2) is 11.6 Å². The van der Waals surface area contributed by atoms with Crippen LogP contribution < -0.4 is 4.90 Å². The minimum atomic E-state index is 0.644. The van der Waals surface area contributed by atoms with Crippen LogP contribution in [-0.2, 0) is 6.42 Å². The van der Waals surface area contributed by atoms with Crippen molar-refractivity contribution in [1.82, 2.24) is 19.9 Å². The summed E-state index contributed by atoms with van der Waals surface area (Å²) in [5.74, 6) is 1.31. The zero-order valence-electron chi connectivity index (χ0n) is 37.9. The van der Waals surface area contributed by atoms with Gasteiger partial charge in [-0.3, -0.25) is 0 Å². The first-order valence-corrected chi connectivity index (χ1v) is 22.2. The van der Waals surface area contributed by atoms with Gasteiger partial charge in [-0.1, -0.05) is 121 Å². The van der Waals surface area contributed by atoms with Crippen LogP contribution in [0.4, 0.5) is 17.1 Å². The third-order valence-corrected chi connectivity index (χ3v) is 13.8. The standard InChI is InChI=1S/C59H51N5/c1-35-37(3)41(7)56-48(39(35)5)32-49-40(6)36(2)38(4)42(8)57(49)64(56)55-30-29-47(59-61-51(43-21-13-9-14-22-43)33-52(62-59)44-23-15-10-16-24-44)31-50(55)54-34-53(45-25-17-11-18-26-45)60-58(63-54)46-27-19-12-20-28-46/h9-31,33-34H,32H2,1-8H3. The van der Waals surface area contributed by atoms with Crippen molar-refractivity contribution in [2.45, 2.75) is 61.8 Å². The summed E-state index contributed by atoms with van der Waals surface area (Å²) >= 11 is 0. The molecule has 10 rings (SSSR count). The second kappa shape index (κ2) is 16.3. The van der Waals surface area contributed by atoms with Crippen molar-refractivity contribution in [2.75, 3.05) is 4.90 Å². The Morgan fingerprint density at radius 2 is 0.688 bits per heavy atom. The first-order chi connectivity index (χ1) is 31.1. The third-order valence-electron chi connectivity index (χ3n) is 13.8. The topological polar surface area (TPSA) is 54.8 Å². The summed E-state index contributed by atoms with van der Waals surface area (Å²) in [5, 5.41) is 0. The maximum Gasteiger partial charge on any atom is 0.160 e. The van der Waals surface area contributed by atoms with E-state index in [-0.39, 0.29) is 0 Å². The quantitative estimate of drug-likeness (QED) is 0.160. The van der Waals surface area contributed by atoms with Gasteiger partial charge in [-0.2, -0.15) is 0 Å². The van der Waals surface area contributed by atoms with Crippen LogP contribution in [0.15, 0.2) is 152 Å². The Labute approximate surface area is 377 Å². The van der Waals surface area contributed by atoms with Crippen LogP contribution in [0, 0.1) is 55.4 Å². The fourth-order valence-corrected chi connectivity index (χ4v) is 9.53. The van der Waals surface area contributed by atoms with Gasteiger partial charge in [0.2, 0.25) is 0 Å². The van der Waals surface area contributed by atoms with E-state index in [0.717, 1.165) is 68.3 Å². The number of aromatic nitrogens is 4. The average Bonchev–Trinajstić information content (AvgIpc) is 3.36. The first kappa shape index (κ1) is 40.6. The summed E-state index contributed by atoms with van der Waals surface area (Å²) in [6.45, 7) is 18.3. The molecular weight excluding hydrogens is 779 g/mol. The maximum atomic E-state index is 5.50. The highest BCUT2D eigenvalue weighted by molar-refractivity contribution is 5.96. The lowest BCUT2D eigenvalue weighted by molar-refractivity contribution is 0.996. The van der Waals surface area contributed by atoms with Crippen LogP contribution in [0.3, 0.4) is 0 Å². The molecule has 0 radical (unpaired) electrons. The molecule has 0 fully saturated rings. The normalized spacial score (nSPS) is 12.0. The van der Waals surface area contributed by atoms with Crippen molar-refractivity contribution >= 4 is 17.1 Å². The fraction of sp³-hybridized carbons (Fsp3) is 0.153. The largest absolute Gasteiger partial charge is 0.309 e. The van der Waals surface area contributed by atoms with Gasteiger partial charge in [-0.15, -0.1) is 0 Å². The Kier molecular flexibility index (Phi) is 10.3. The zero-order valence-corrected chi connectivity index (χ0v) is 37.9. The molecule has 5 nitrogen and oxygen atoms in total. The first-order valence-electron chi connectivity index (χ1n) is 22.2. The Bertz CT molecular complexity index is 3060. The van der Waals surface area contributed by atoms with E-state index < -0.39 is 0 Å². The predicted octanol–water partition coefficient (Wildman–Crippen LogP) is 15.1. The molecule has 1 aliphatic heterocycles. The van der Waals surface area contributed by atoms with Crippen molar-refractivity contribution in [1.29, 1.82) is 0 Å². The van der Waals surface area contributed by atoms with Gasteiger partial charge >= 0.3 is 0 Å². The molecule has 0 atom stereocenters. The summed E-state index contributed by atoms with van der Waals surface area (Å²) in [4.78, 5) is 23.9. The minimum Gasteiger partial charge on any atom is -0.309 e. The van der Waals surface area contributed by atoms with E-state index in [1.54, 1.807) is 0 Å². The van der Waals surface area contributed by atoms with Crippen LogP contribution in [-0.4, -0.2) is 19.9 Å². The molecule has 64 heavy (non-hydrogen) atoms. The number of rotatable bonds is 7. The van der Waals surface area contributed by atoms with Crippen LogP contribution in [0.5, 0.6) is 0 Å². The van der Waals surface area contributed by atoms with Gasteiger partial charge in [-0.05, 0) is 141 Å². The highest BCUT2D eigenvalue weighted by Crippen LogP contribution is 2.53. The molecule has 0 aliphatic carbocycles. The van der Waals surface area contributed by atoms with Crippen molar-refractivity contribution in [2.24, 2.45) is 0 Å². The molecule has 1 aliphatic rings. The van der Waals surface area contributed by atoms with E-state index in [4.69, 9.17) is 19.9 Å². The number of anilines is 3. The van der Waals surface area contributed by atoms with Crippen molar-refractivity contribution < 1.29 is 0 Å². The molecule has 5 heteroatoms. The van der Waals surface area contributed by atoms with E-state index in [2.05, 4.69) is 176 Å². The van der Waals surface area contributed by atoms with Crippen LogP contribution in [0.1, 0.15) is 55.6 Å². The molecule has 3 heterocycles. The summed E-state index contributed by atoms with van der Waals surface area (Å²) in [6, 6.07) is 52.5. The van der Waals surface area contributed by atoms with Gasteiger partial charge < -0.3 is 4.90 Å². The molecule has 2 aromatic heterocycles. The van der Waals surface area contributed by atoms with Gasteiger partial charge in [0.05, 0.1) is 39.8 Å². The molecule has 0 unspecified atom stereocenters. The smallest absolute Gasteiger partial charge is 0.160 e. The summed E-state index contributed by atoms with van der Waals surface area (Å²) < 4.78 is 0. The van der Waals surface area contributed by atoms with E-state index in [1.807, 2.05) is 36.4 Å². The van der Waals surface area contributed by atoms with E-state index in [0.29, 0.717) is 11.6 Å². The molecule has 0 saturated heterocycles. The monoisotopic (exact) mass is 829 g/mol. The molecule has 0 spiro atoms. The third kappa shape index (κ3) is 6.98. The SMILES string of the molecule is Cc1c(C)c(C)c2c(c1C)Cc1c(C)c(C)c(C)c(C)c1N2c1ccc(-c2nc(-c3ccccc3)cc(-c3ccccc3)n2)cc1-c1cc(-c2ccccc2)nc(-c2ccccc2)n1. The Morgan fingerprint density at radius 1 is 0.328 bits per heavy atom. The van der Waals surface area contributed by atoms with Gasteiger partial charge in [-0.25, -0.2) is 19.9 Å². The van der Waals surface area contributed by atoms with Gasteiger partial charge in [0, 0.05) is 39.8 Å². The number of hydrogen-bond acceptors (Lipinski definition) is 5. The highest BCUT2D eigenvalue weighted by atomic mass is 15.2. The molecule has 0 saturated carbocycles. The highest BCUT2D eigenvalue weighted by Gasteiger charge is 2.34. The van der Waals surface area contributed by atoms with Crippen LogP contribution in [0.2, 0.25) is 0 Å². The summed E-state index contributed by atoms with van der Waals surface area (Å²) in [5.41, 5.74) is 26.2. The van der Waals surface area contributed by atoms with Crippen molar-refractivity contribution in [3.63, 3.8) is 0 Å². The predicted molar refractivity (Wildman–Crippen MR) is 266 cm³/mol. The van der Waals surface area contributed by atoms with Crippen LogP contribution in [0.25, 0.3) is 67.8 Å². The minimum absolute atomic E-state index is 0.644. The van der Waals surface area contributed by atoms with Crippen molar-refractivity contribution in [3.05, 3.63) is 207 Å². The number of nitrogens with zero attached hydrogens (tertiary/aromatic N) is 5. The molecule has 7 aromatic carbocycles. The lowest BCUT2D eigenvalue weighted by Gasteiger charge is -2.40. The summed E-state index contributed by atoms with van der Waals surface area (Å²) in [6.07, 6.45) is 0.877. The maximum absolute atomic E-state index is 5.50. The second-order valence-electron chi connectivity index (χ2n) is 17.3. The molecule has 0 amide bonds. The zero-order chi connectivity index (χ0) is 44.2. The van der Waals surface area contributed by atoms with E-state index in [1.165, 1.54) is 67.0 Å². The van der Waals surface area contributed by atoms with E-state index >= 15 is 0 Å². The molecular formula is C59H51N5. The number of benzene rings is 7. The van der Waals surface area contributed by atoms with Gasteiger partial charge in [0.25, 0.3) is 0 Å². The molecule has 312 valence electrons. The van der Waals surface area contributed by atoms with Gasteiger partial charge in [0.1, 0.15) is 0 Å². The Morgan fingerprint density at radius 3 is 1.12 bits per heavy atom. The van der Waals surface area contributed by atoms with Crippen molar-refractivity contribution in [3.8, 4) is 67.8 Å². The van der Waals surface area contributed by atoms with E-state index in [9.17, 15) is 0 Å². The lowest BCUT2D eigenvalue weighted by atomic mass is 9.80. The molecule has 9 aromatic rings. The average molecular weight is 830 g/mol. The number of fused-ring (bicyclic) bond motifs is 2. The lowest BCUT2D eigenvalue weighted by Crippen LogP contribution is -2.25. The Hall–Kier alpha value is -7.50. The number of hydrogen-bond donors (Lipinski definition) is 0. The van der Waals surface area contributed by atoms with Crippen LogP contribution >= 0.6 is 0 Å². The molecule has 0 bridgehead atoms.